The summed E-state index contributed by atoms with van der Waals surface area (Å²) in [6.45, 7) is 0.514. The molecule has 1 aliphatic heterocycles. The largest absolute Gasteiger partial charge is 0.573 e. The van der Waals surface area contributed by atoms with E-state index in [-0.39, 0.29) is 24.3 Å². The molecule has 6 nitrogen and oxygen atoms in total. The highest BCUT2D eigenvalue weighted by Gasteiger charge is 2.31. The Bertz CT molecular complexity index is 825. The van der Waals surface area contributed by atoms with E-state index in [0.29, 0.717) is 12.2 Å². The molecule has 0 amide bonds. The Morgan fingerprint density at radius 3 is 2.68 bits per heavy atom. The Morgan fingerprint density at radius 1 is 1.25 bits per heavy atom. The first-order valence-corrected chi connectivity index (χ1v) is 8.64. The summed E-state index contributed by atoms with van der Waals surface area (Å²) in [4.78, 5) is 4.13. The van der Waals surface area contributed by atoms with Crippen LogP contribution in [-0.4, -0.2) is 30.6 Å². The summed E-state index contributed by atoms with van der Waals surface area (Å²) in [6, 6.07) is 12.5. The van der Waals surface area contributed by atoms with Crippen LogP contribution in [0.25, 0.3) is 0 Å². The average Bonchev–Trinajstić information content (AvgIpc) is 2.66. The Morgan fingerprint density at radius 2 is 1.96 bits per heavy atom. The van der Waals surface area contributed by atoms with Gasteiger partial charge in [0.1, 0.15) is 11.5 Å². The van der Waals surface area contributed by atoms with Crippen LogP contribution in [-0.2, 0) is 0 Å². The van der Waals surface area contributed by atoms with E-state index < -0.39 is 12.5 Å². The predicted molar refractivity (Wildman–Crippen MR) is 97.0 cm³/mol. The fourth-order valence-corrected chi connectivity index (χ4v) is 2.90. The number of guanidine groups is 1. The van der Waals surface area contributed by atoms with Crippen molar-refractivity contribution in [1.29, 1.82) is 0 Å². The Balaban J connectivity index is 1.57. The molecule has 150 valence electrons. The van der Waals surface area contributed by atoms with Crippen LogP contribution in [0.15, 0.2) is 53.5 Å². The minimum atomic E-state index is -4.76. The summed E-state index contributed by atoms with van der Waals surface area (Å²) < 4.78 is 45.9. The van der Waals surface area contributed by atoms with Gasteiger partial charge in [0.25, 0.3) is 0 Å². The van der Waals surface area contributed by atoms with E-state index in [4.69, 9.17) is 10.5 Å². The van der Waals surface area contributed by atoms with Gasteiger partial charge in [-0.2, -0.15) is 0 Å². The average molecular weight is 395 g/mol. The van der Waals surface area contributed by atoms with Gasteiger partial charge in [-0.3, -0.25) is 4.99 Å². The van der Waals surface area contributed by atoms with Gasteiger partial charge in [-0.25, -0.2) is 0 Å². The predicted octanol–water partition coefficient (Wildman–Crippen LogP) is 3.05. The minimum absolute atomic E-state index is 0.0385. The standard InChI is InChI=1S/C19H20F3N3O3/c20-19(21,22)28-13-7-5-12(6-8-13)16(26)11-24-18(23)25-15-9-10-27-17-4-2-1-3-14(15)17/h1-8,15-16,26H,9-11H2,(H3,23,24,25). The molecule has 0 radical (unpaired) electrons. The molecule has 0 saturated heterocycles. The van der Waals surface area contributed by atoms with E-state index in [1.54, 1.807) is 0 Å². The number of aliphatic imine (C=N–C) groups is 1. The third kappa shape index (κ3) is 5.29. The summed E-state index contributed by atoms with van der Waals surface area (Å²) in [6.07, 6.45) is -5.05. The van der Waals surface area contributed by atoms with Crippen LogP contribution in [0.5, 0.6) is 11.5 Å². The van der Waals surface area contributed by atoms with Crippen molar-refractivity contribution in [1.82, 2.24) is 5.32 Å². The van der Waals surface area contributed by atoms with Crippen molar-refractivity contribution in [2.45, 2.75) is 24.9 Å². The Hall–Kier alpha value is -2.94. The molecule has 2 aromatic rings. The van der Waals surface area contributed by atoms with Crippen molar-refractivity contribution < 1.29 is 27.8 Å². The number of hydrogen-bond acceptors (Lipinski definition) is 4. The number of rotatable bonds is 5. The quantitative estimate of drug-likeness (QED) is 0.535. The van der Waals surface area contributed by atoms with Gasteiger partial charge >= 0.3 is 6.36 Å². The zero-order valence-electron chi connectivity index (χ0n) is 14.8. The van der Waals surface area contributed by atoms with E-state index in [0.717, 1.165) is 29.9 Å². The summed E-state index contributed by atoms with van der Waals surface area (Å²) >= 11 is 0. The van der Waals surface area contributed by atoms with Gasteiger partial charge in [-0.15, -0.1) is 13.2 Å². The van der Waals surface area contributed by atoms with Gasteiger partial charge in [0.15, 0.2) is 5.96 Å². The van der Waals surface area contributed by atoms with Gasteiger partial charge in [-0.05, 0) is 23.8 Å². The second-order valence-corrected chi connectivity index (χ2v) is 6.23. The summed E-state index contributed by atoms with van der Waals surface area (Å²) in [5, 5.41) is 13.3. The van der Waals surface area contributed by atoms with Crippen molar-refractivity contribution >= 4 is 5.96 Å². The molecule has 0 saturated carbocycles. The number of nitrogens with two attached hydrogens (primary N) is 1. The number of nitrogens with one attached hydrogen (secondary N) is 1. The highest BCUT2D eigenvalue weighted by Crippen LogP contribution is 2.31. The van der Waals surface area contributed by atoms with Crippen LogP contribution in [0, 0.1) is 0 Å². The number of hydrogen-bond donors (Lipinski definition) is 3. The van der Waals surface area contributed by atoms with Crippen LogP contribution in [0.4, 0.5) is 13.2 Å². The molecule has 0 bridgehead atoms. The molecule has 0 aliphatic carbocycles. The van der Waals surface area contributed by atoms with Crippen molar-refractivity contribution in [3.8, 4) is 11.5 Å². The van der Waals surface area contributed by atoms with Crippen LogP contribution >= 0.6 is 0 Å². The molecule has 0 fully saturated rings. The first kappa shape index (κ1) is 19.8. The van der Waals surface area contributed by atoms with Crippen molar-refractivity contribution in [2.75, 3.05) is 13.2 Å². The maximum atomic E-state index is 12.2. The molecule has 3 rings (SSSR count). The summed E-state index contributed by atoms with van der Waals surface area (Å²) in [5.74, 6) is 0.601. The number of nitrogens with zero attached hydrogens (tertiary/aromatic N) is 1. The normalized spacial score (nSPS) is 18.0. The molecule has 0 aromatic heterocycles. The molecule has 9 heteroatoms. The summed E-state index contributed by atoms with van der Waals surface area (Å²) in [5.41, 5.74) is 7.31. The first-order chi connectivity index (χ1) is 13.3. The Kier molecular flexibility index (Phi) is 5.93. The van der Waals surface area contributed by atoms with Crippen molar-refractivity contribution in [3.05, 3.63) is 59.7 Å². The zero-order valence-corrected chi connectivity index (χ0v) is 14.8. The van der Waals surface area contributed by atoms with Gasteiger partial charge in [0, 0.05) is 12.0 Å². The second kappa shape index (κ2) is 8.39. The lowest BCUT2D eigenvalue weighted by Crippen LogP contribution is -2.37. The molecular formula is C19H20F3N3O3. The fourth-order valence-electron chi connectivity index (χ4n) is 2.90. The smallest absolute Gasteiger partial charge is 0.493 e. The van der Waals surface area contributed by atoms with E-state index in [2.05, 4.69) is 15.0 Å². The zero-order chi connectivity index (χ0) is 20.1. The van der Waals surface area contributed by atoms with Crippen LogP contribution < -0.4 is 20.5 Å². The van der Waals surface area contributed by atoms with Crippen molar-refractivity contribution in [3.63, 3.8) is 0 Å². The molecule has 2 aromatic carbocycles. The molecule has 28 heavy (non-hydrogen) atoms. The van der Waals surface area contributed by atoms with Crippen LogP contribution in [0.3, 0.4) is 0 Å². The third-order valence-corrected chi connectivity index (χ3v) is 4.21. The topological polar surface area (TPSA) is 89.1 Å². The van der Waals surface area contributed by atoms with Crippen LogP contribution in [0.1, 0.15) is 29.7 Å². The molecular weight excluding hydrogens is 375 g/mol. The monoisotopic (exact) mass is 395 g/mol. The van der Waals surface area contributed by atoms with E-state index >= 15 is 0 Å². The highest BCUT2D eigenvalue weighted by atomic mass is 19.4. The maximum absolute atomic E-state index is 12.2. The summed E-state index contributed by atoms with van der Waals surface area (Å²) in [7, 11) is 0. The first-order valence-electron chi connectivity index (χ1n) is 8.64. The van der Waals surface area contributed by atoms with E-state index in [1.165, 1.54) is 12.1 Å². The van der Waals surface area contributed by atoms with Crippen LogP contribution in [0.2, 0.25) is 0 Å². The number of aliphatic hydroxyl groups excluding tert-OH is 1. The second-order valence-electron chi connectivity index (χ2n) is 6.23. The van der Waals surface area contributed by atoms with E-state index in [1.807, 2.05) is 24.3 Å². The maximum Gasteiger partial charge on any atom is 0.573 e. The number of halogens is 3. The molecule has 0 spiro atoms. The highest BCUT2D eigenvalue weighted by molar-refractivity contribution is 5.78. The van der Waals surface area contributed by atoms with Gasteiger partial charge in [0.05, 0.1) is 25.3 Å². The number of fused-ring (bicyclic) bond motifs is 1. The number of benzene rings is 2. The number of aliphatic hydroxyl groups is 1. The third-order valence-electron chi connectivity index (χ3n) is 4.21. The molecule has 1 heterocycles. The molecule has 4 N–H and O–H groups in total. The molecule has 2 unspecified atom stereocenters. The lowest BCUT2D eigenvalue weighted by molar-refractivity contribution is -0.274. The van der Waals surface area contributed by atoms with Gasteiger partial charge in [-0.1, -0.05) is 30.3 Å². The van der Waals surface area contributed by atoms with Crippen molar-refractivity contribution in [2.24, 2.45) is 10.7 Å². The number of ether oxygens (including phenoxy) is 2. The molecule has 2 atom stereocenters. The fraction of sp³-hybridized carbons (Fsp3) is 0.316. The van der Waals surface area contributed by atoms with E-state index in [9.17, 15) is 18.3 Å². The lowest BCUT2D eigenvalue weighted by atomic mass is 10.0. The molecule has 1 aliphatic rings. The number of para-hydroxylation sites is 1. The van der Waals surface area contributed by atoms with Gasteiger partial charge in [0.2, 0.25) is 0 Å². The minimum Gasteiger partial charge on any atom is -0.493 e. The number of alkyl halides is 3. The van der Waals surface area contributed by atoms with Gasteiger partial charge < -0.3 is 25.6 Å². The lowest BCUT2D eigenvalue weighted by Gasteiger charge is -2.27. The SMILES string of the molecule is NC(=NCC(O)c1ccc(OC(F)(F)F)cc1)NC1CCOc2ccccc21. The Labute approximate surface area is 159 Å².